The zero-order valence-electron chi connectivity index (χ0n) is 8.89. The lowest BCUT2D eigenvalue weighted by atomic mass is 10.3. The van der Waals surface area contributed by atoms with Gasteiger partial charge in [-0.05, 0) is 24.3 Å². The van der Waals surface area contributed by atoms with E-state index in [-0.39, 0.29) is 0 Å². The number of nitriles is 1. The Bertz CT molecular complexity index is 530. The van der Waals surface area contributed by atoms with E-state index in [9.17, 15) is 0 Å². The molecule has 1 aromatic carbocycles. The first kappa shape index (κ1) is 11.9. The summed E-state index contributed by atoms with van der Waals surface area (Å²) in [6, 6.07) is 9.23. The molecule has 0 radical (unpaired) electrons. The van der Waals surface area contributed by atoms with Crippen LogP contribution in [0.3, 0.4) is 0 Å². The van der Waals surface area contributed by atoms with Crippen LogP contribution in [-0.4, -0.2) is 11.6 Å². The highest BCUT2D eigenvalue weighted by Gasteiger charge is 2.01. The lowest BCUT2D eigenvalue weighted by Gasteiger charge is -2.04. The molecule has 0 saturated carbocycles. The molecule has 0 fully saturated rings. The molecule has 5 heteroatoms. The molecule has 1 heterocycles. The van der Waals surface area contributed by atoms with Crippen LogP contribution in [0.15, 0.2) is 29.6 Å². The quantitative estimate of drug-likeness (QED) is 0.851. The van der Waals surface area contributed by atoms with Crippen molar-refractivity contribution in [3.8, 4) is 11.8 Å². The Balaban J connectivity index is 1.83. The van der Waals surface area contributed by atoms with Crippen molar-refractivity contribution in [1.29, 1.82) is 5.26 Å². The Kier molecular flexibility index (Phi) is 3.97. The highest BCUT2D eigenvalue weighted by molar-refractivity contribution is 7.09. The summed E-state index contributed by atoms with van der Waals surface area (Å²) >= 11 is 7.24. The van der Waals surface area contributed by atoms with Crippen molar-refractivity contribution in [3.05, 3.63) is 45.4 Å². The van der Waals surface area contributed by atoms with Crippen LogP contribution in [0.4, 0.5) is 0 Å². The molecular weight excluding hydrogens is 256 g/mol. The Morgan fingerprint density at radius 1 is 1.35 bits per heavy atom. The zero-order chi connectivity index (χ0) is 12.1. The van der Waals surface area contributed by atoms with Crippen LogP contribution in [-0.2, 0) is 6.42 Å². The standard InChI is InChI=1S/C12H9ClN2OS/c13-9-1-3-11(4-2-9)16-6-5-12-15-10(7-14)8-17-12/h1-4,8H,5-6H2. The molecule has 0 N–H and O–H groups in total. The van der Waals surface area contributed by atoms with E-state index in [4.69, 9.17) is 21.6 Å². The molecule has 0 amide bonds. The Morgan fingerprint density at radius 2 is 2.12 bits per heavy atom. The van der Waals surface area contributed by atoms with Gasteiger partial charge in [0.25, 0.3) is 0 Å². The molecule has 0 bridgehead atoms. The molecule has 0 unspecified atom stereocenters. The average Bonchev–Trinajstić information content (AvgIpc) is 2.80. The fourth-order valence-corrected chi connectivity index (χ4v) is 2.10. The van der Waals surface area contributed by atoms with Gasteiger partial charge in [0.2, 0.25) is 0 Å². The van der Waals surface area contributed by atoms with Gasteiger partial charge in [0.05, 0.1) is 11.6 Å². The van der Waals surface area contributed by atoms with Gasteiger partial charge in [-0.15, -0.1) is 11.3 Å². The number of benzene rings is 1. The minimum atomic E-state index is 0.469. The van der Waals surface area contributed by atoms with Crippen LogP contribution in [0.25, 0.3) is 0 Å². The summed E-state index contributed by atoms with van der Waals surface area (Å²) in [5.74, 6) is 0.784. The number of hydrogen-bond acceptors (Lipinski definition) is 4. The third-order valence-electron chi connectivity index (χ3n) is 2.06. The number of halogens is 1. The summed E-state index contributed by atoms with van der Waals surface area (Å²) < 4.78 is 5.53. The number of ether oxygens (including phenoxy) is 1. The number of nitrogens with zero attached hydrogens (tertiary/aromatic N) is 2. The van der Waals surface area contributed by atoms with Crippen molar-refractivity contribution < 1.29 is 4.74 Å². The fourth-order valence-electron chi connectivity index (χ4n) is 1.26. The largest absolute Gasteiger partial charge is 0.493 e. The van der Waals surface area contributed by atoms with Gasteiger partial charge in [-0.3, -0.25) is 0 Å². The number of thiazole rings is 1. The van der Waals surface area contributed by atoms with Crippen LogP contribution in [0.1, 0.15) is 10.7 Å². The number of aromatic nitrogens is 1. The van der Waals surface area contributed by atoms with Gasteiger partial charge >= 0.3 is 0 Å². The van der Waals surface area contributed by atoms with Crippen molar-refractivity contribution in [2.24, 2.45) is 0 Å². The van der Waals surface area contributed by atoms with Gasteiger partial charge in [-0.1, -0.05) is 11.6 Å². The second-order valence-electron chi connectivity index (χ2n) is 3.29. The van der Waals surface area contributed by atoms with E-state index >= 15 is 0 Å². The third-order valence-corrected chi connectivity index (χ3v) is 3.23. The maximum atomic E-state index is 8.63. The molecule has 2 aromatic rings. The average molecular weight is 265 g/mol. The van der Waals surface area contributed by atoms with Gasteiger partial charge < -0.3 is 4.74 Å². The first-order valence-corrected chi connectivity index (χ1v) is 6.26. The molecule has 0 aliphatic carbocycles. The van der Waals surface area contributed by atoms with Crippen LogP contribution >= 0.6 is 22.9 Å². The maximum Gasteiger partial charge on any atom is 0.151 e. The molecular formula is C12H9ClN2OS. The summed E-state index contributed by atoms with van der Waals surface area (Å²) in [6.07, 6.45) is 0.703. The third kappa shape index (κ3) is 3.45. The SMILES string of the molecule is N#Cc1csc(CCOc2ccc(Cl)cc2)n1. The van der Waals surface area contributed by atoms with Gasteiger partial charge in [-0.25, -0.2) is 4.98 Å². The van der Waals surface area contributed by atoms with E-state index in [1.807, 2.05) is 18.2 Å². The van der Waals surface area contributed by atoms with Gasteiger partial charge in [0.15, 0.2) is 5.69 Å². The summed E-state index contributed by atoms with van der Waals surface area (Å²) in [4.78, 5) is 4.13. The van der Waals surface area contributed by atoms with E-state index in [1.165, 1.54) is 11.3 Å². The minimum Gasteiger partial charge on any atom is -0.493 e. The fraction of sp³-hybridized carbons (Fsp3) is 0.167. The molecule has 1 aromatic heterocycles. The van der Waals surface area contributed by atoms with E-state index in [0.29, 0.717) is 23.7 Å². The second-order valence-corrected chi connectivity index (χ2v) is 4.67. The maximum absolute atomic E-state index is 8.63. The predicted octanol–water partition coefficient (Wildman–Crippen LogP) is 3.29. The van der Waals surface area contributed by atoms with Crippen LogP contribution in [0.5, 0.6) is 5.75 Å². The second kappa shape index (κ2) is 5.67. The molecule has 0 saturated heterocycles. The molecule has 0 aliphatic heterocycles. The normalized spacial score (nSPS) is 9.88. The molecule has 0 atom stereocenters. The highest BCUT2D eigenvalue weighted by atomic mass is 35.5. The molecule has 3 nitrogen and oxygen atoms in total. The molecule has 0 aliphatic rings. The Hall–Kier alpha value is -1.57. The van der Waals surface area contributed by atoms with E-state index in [0.717, 1.165) is 10.8 Å². The summed E-state index contributed by atoms with van der Waals surface area (Å²) in [7, 11) is 0. The first-order valence-electron chi connectivity index (χ1n) is 5.01. The molecule has 0 spiro atoms. The smallest absolute Gasteiger partial charge is 0.151 e. The van der Waals surface area contributed by atoms with E-state index < -0.39 is 0 Å². The van der Waals surface area contributed by atoms with Crippen molar-refractivity contribution in [2.75, 3.05) is 6.61 Å². The zero-order valence-corrected chi connectivity index (χ0v) is 10.5. The van der Waals surface area contributed by atoms with Crippen molar-refractivity contribution in [3.63, 3.8) is 0 Å². The molecule has 86 valence electrons. The van der Waals surface area contributed by atoms with Crippen LogP contribution < -0.4 is 4.74 Å². The van der Waals surface area contributed by atoms with Crippen LogP contribution in [0.2, 0.25) is 5.02 Å². The topological polar surface area (TPSA) is 45.9 Å². The van der Waals surface area contributed by atoms with Crippen LogP contribution in [0, 0.1) is 11.3 Å². The summed E-state index contributed by atoms with van der Waals surface area (Å²) in [6.45, 7) is 0.542. The summed E-state index contributed by atoms with van der Waals surface area (Å²) in [5.41, 5.74) is 0.469. The lowest BCUT2D eigenvalue weighted by Crippen LogP contribution is -2.00. The Labute approximate surface area is 108 Å². The minimum absolute atomic E-state index is 0.469. The van der Waals surface area contributed by atoms with Gasteiger partial charge in [-0.2, -0.15) is 5.26 Å². The van der Waals surface area contributed by atoms with Crippen molar-refractivity contribution in [1.82, 2.24) is 4.98 Å². The lowest BCUT2D eigenvalue weighted by molar-refractivity contribution is 0.322. The van der Waals surface area contributed by atoms with E-state index in [2.05, 4.69) is 4.98 Å². The van der Waals surface area contributed by atoms with Crippen molar-refractivity contribution in [2.45, 2.75) is 6.42 Å². The Morgan fingerprint density at radius 3 is 2.76 bits per heavy atom. The van der Waals surface area contributed by atoms with Crippen molar-refractivity contribution >= 4 is 22.9 Å². The number of rotatable bonds is 4. The predicted molar refractivity (Wildman–Crippen MR) is 67.5 cm³/mol. The molecule has 17 heavy (non-hydrogen) atoms. The number of hydrogen-bond donors (Lipinski definition) is 0. The first-order chi connectivity index (χ1) is 8.28. The molecule has 2 rings (SSSR count). The van der Waals surface area contributed by atoms with E-state index in [1.54, 1.807) is 17.5 Å². The summed E-state index contributed by atoms with van der Waals surface area (Å²) in [5, 5.41) is 12.0. The van der Waals surface area contributed by atoms with Gasteiger partial charge in [0.1, 0.15) is 11.8 Å². The van der Waals surface area contributed by atoms with Gasteiger partial charge in [0, 0.05) is 16.8 Å². The highest BCUT2D eigenvalue weighted by Crippen LogP contribution is 2.16. The monoisotopic (exact) mass is 264 g/mol.